The van der Waals surface area contributed by atoms with Crippen molar-refractivity contribution < 1.29 is 57.7 Å². The number of hydrogen-bond acceptors (Lipinski definition) is 9. The minimum Gasteiger partial charge on any atom is -0.477 e. The van der Waals surface area contributed by atoms with Gasteiger partial charge >= 0.3 is 27.3 Å². The molecule has 2 heterocycles. The van der Waals surface area contributed by atoms with Gasteiger partial charge in [0.15, 0.2) is 5.40 Å². The number of thioether (sulfide) groups is 1. The number of ether oxygens (including phenoxy) is 1. The van der Waals surface area contributed by atoms with E-state index < -0.39 is 74.1 Å². The second kappa shape index (κ2) is 11.2. The summed E-state index contributed by atoms with van der Waals surface area (Å²) in [7, 11) is -10.2. The van der Waals surface area contributed by atoms with E-state index in [1.165, 1.54) is 0 Å². The monoisotopic (exact) mass is 572 g/mol. The molecule has 1 saturated heterocycles. The highest BCUT2D eigenvalue weighted by Crippen LogP contribution is 2.61. The van der Waals surface area contributed by atoms with Crippen LogP contribution in [0.5, 0.6) is 0 Å². The molecular weight excluding hydrogens is 550 g/mol. The SMILES string of the molecule is [N-]=[N+]=NC1(C(=O)NCCCCC(P(=O)(O)O)P(=O)(O)O)C(=O)N2C(C(=O)O)=C(COC(N)=O)CS[C@H]21. The Bertz CT molecular complexity index is 1110. The number of azide groups is 1. The molecule has 0 bridgehead atoms. The Labute approximate surface area is 206 Å². The zero-order valence-corrected chi connectivity index (χ0v) is 20.8. The number of hydrogen-bond donors (Lipinski definition) is 7. The number of carboxylic acids is 1. The van der Waals surface area contributed by atoms with Crippen LogP contribution in [0.15, 0.2) is 16.4 Å². The molecule has 0 saturated carbocycles. The maximum Gasteiger partial charge on any atom is 0.404 e. The van der Waals surface area contributed by atoms with Gasteiger partial charge in [-0.1, -0.05) is 11.5 Å². The van der Waals surface area contributed by atoms with E-state index in [-0.39, 0.29) is 30.7 Å². The molecule has 2 aliphatic rings. The Hall–Kier alpha value is -2.62. The lowest BCUT2D eigenvalue weighted by Crippen LogP contribution is -2.77. The molecule has 0 radical (unpaired) electrons. The molecule has 1 fully saturated rings. The van der Waals surface area contributed by atoms with E-state index in [0.29, 0.717) is 0 Å². The van der Waals surface area contributed by atoms with Gasteiger partial charge in [-0.05, 0) is 18.4 Å². The van der Waals surface area contributed by atoms with Gasteiger partial charge in [0.2, 0.25) is 11.4 Å². The molecule has 2 atom stereocenters. The van der Waals surface area contributed by atoms with Crippen LogP contribution in [-0.2, 0) is 28.3 Å². The number of nitrogens with zero attached hydrogens (tertiary/aromatic N) is 4. The molecule has 0 aliphatic carbocycles. The Morgan fingerprint density at radius 2 is 1.89 bits per heavy atom. The van der Waals surface area contributed by atoms with Crippen LogP contribution in [0, 0.1) is 0 Å². The molecular formula is C15H22N6O12P2S. The van der Waals surface area contributed by atoms with Crippen molar-refractivity contribution in [3.05, 3.63) is 21.7 Å². The summed E-state index contributed by atoms with van der Waals surface area (Å²) < 4.78 is 27.2. The zero-order valence-electron chi connectivity index (χ0n) is 18.2. The molecule has 0 spiro atoms. The number of carbonyl (C=O) groups excluding carboxylic acids is 3. The largest absolute Gasteiger partial charge is 0.477 e. The molecule has 0 aromatic rings. The van der Waals surface area contributed by atoms with E-state index in [1.807, 2.05) is 0 Å². The maximum atomic E-state index is 12.9. The van der Waals surface area contributed by atoms with Crippen molar-refractivity contribution in [2.24, 2.45) is 10.8 Å². The number of fused-ring (bicyclic) bond motifs is 1. The summed E-state index contributed by atoms with van der Waals surface area (Å²) in [5.74, 6) is -3.88. The summed E-state index contributed by atoms with van der Waals surface area (Å²) in [4.78, 5) is 88.2. The van der Waals surface area contributed by atoms with Crippen LogP contribution in [0.2, 0.25) is 0 Å². The lowest BCUT2D eigenvalue weighted by molar-refractivity contribution is -0.160. The van der Waals surface area contributed by atoms with Gasteiger partial charge in [0.05, 0.1) is 0 Å². The summed E-state index contributed by atoms with van der Waals surface area (Å²) >= 11 is 0.879. The van der Waals surface area contributed by atoms with Crippen molar-refractivity contribution in [1.29, 1.82) is 0 Å². The fourth-order valence-corrected chi connectivity index (χ4v) is 7.64. The zero-order chi connectivity index (χ0) is 27.5. The van der Waals surface area contributed by atoms with E-state index in [9.17, 15) is 33.4 Å². The first kappa shape index (κ1) is 29.6. The molecule has 0 aromatic heterocycles. The van der Waals surface area contributed by atoms with Gasteiger partial charge in [-0.3, -0.25) is 23.6 Å². The third kappa shape index (κ3) is 6.02. The fraction of sp³-hybridized carbons (Fsp3) is 0.600. The van der Waals surface area contributed by atoms with Crippen molar-refractivity contribution in [2.75, 3.05) is 18.9 Å². The van der Waals surface area contributed by atoms with Crippen LogP contribution in [0.4, 0.5) is 4.79 Å². The molecule has 8 N–H and O–H groups in total. The molecule has 3 amide bonds. The Morgan fingerprint density at radius 1 is 1.28 bits per heavy atom. The minimum absolute atomic E-state index is 0.0147. The number of unbranched alkanes of at least 4 members (excludes halogenated alkanes) is 1. The third-order valence-electron chi connectivity index (χ3n) is 5.22. The molecule has 18 nitrogen and oxygen atoms in total. The Kier molecular flexibility index (Phi) is 9.20. The van der Waals surface area contributed by atoms with Crippen LogP contribution in [0.25, 0.3) is 10.4 Å². The molecule has 2 aliphatic heterocycles. The second-order valence-corrected chi connectivity index (χ2v) is 12.6. The van der Waals surface area contributed by atoms with Crippen molar-refractivity contribution in [3.8, 4) is 0 Å². The molecule has 36 heavy (non-hydrogen) atoms. The molecule has 21 heteroatoms. The third-order valence-corrected chi connectivity index (χ3v) is 10.5. The number of amides is 3. The lowest BCUT2D eigenvalue weighted by atomic mass is 9.86. The van der Waals surface area contributed by atoms with Gasteiger partial charge in [-0.15, -0.1) is 11.8 Å². The minimum atomic E-state index is -5.10. The number of aliphatic carboxylic acids is 1. The summed E-state index contributed by atoms with van der Waals surface area (Å²) in [6.07, 6.45) is -1.87. The van der Waals surface area contributed by atoms with E-state index in [2.05, 4.69) is 20.1 Å². The summed E-state index contributed by atoms with van der Waals surface area (Å²) in [6.45, 7) is -0.744. The number of nitrogens with one attached hydrogen (secondary N) is 1. The van der Waals surface area contributed by atoms with Gasteiger partial charge in [-0.2, -0.15) is 0 Å². The van der Waals surface area contributed by atoms with E-state index in [1.54, 1.807) is 0 Å². The van der Waals surface area contributed by atoms with Crippen molar-refractivity contribution >= 4 is 50.8 Å². The van der Waals surface area contributed by atoms with Gasteiger partial charge in [-0.25, -0.2) is 9.59 Å². The quantitative estimate of drug-likeness (QED) is 0.0291. The van der Waals surface area contributed by atoms with Crippen LogP contribution < -0.4 is 11.1 Å². The van der Waals surface area contributed by atoms with Crippen molar-refractivity contribution in [1.82, 2.24) is 10.2 Å². The number of rotatable bonds is 12. The normalized spacial score (nSPS) is 21.9. The van der Waals surface area contributed by atoms with Crippen molar-refractivity contribution in [2.45, 2.75) is 35.6 Å². The van der Waals surface area contributed by atoms with Crippen LogP contribution in [0.3, 0.4) is 0 Å². The topological polar surface area (TPSA) is 303 Å². The van der Waals surface area contributed by atoms with Crippen molar-refractivity contribution in [3.63, 3.8) is 0 Å². The predicted octanol–water partition coefficient (Wildman–Crippen LogP) is -0.647. The second-order valence-electron chi connectivity index (χ2n) is 7.57. The average Bonchev–Trinajstić information content (AvgIpc) is 2.75. The molecule has 0 aromatic carbocycles. The van der Waals surface area contributed by atoms with E-state index >= 15 is 0 Å². The number of carboxylic acid groups (broad SMARTS) is 1. The lowest BCUT2D eigenvalue weighted by Gasteiger charge is -2.53. The summed E-state index contributed by atoms with van der Waals surface area (Å²) in [5, 5.41) is 11.8. The standard InChI is InChI=1S/C15H22N6O12P2S/c16-14(26)33-5-7-6-36-13-15(19-20-17,12(25)21(13)9(7)10(22)23)11(24)18-4-2-1-3-8(34(27,28)29)35(30,31)32/h8,13H,1-6H2,(H2,16,26)(H,18,24)(H,22,23)(H2,27,28,29)(H2,30,31,32)/t13-,15?/m0/s1. The first-order valence-corrected chi connectivity index (χ1v) is 14.3. The molecule has 2 rings (SSSR count). The highest BCUT2D eigenvalue weighted by Gasteiger charge is 2.69. The Balaban J connectivity index is 2.12. The maximum absolute atomic E-state index is 12.9. The highest BCUT2D eigenvalue weighted by atomic mass is 32.2. The Morgan fingerprint density at radius 3 is 2.39 bits per heavy atom. The first-order chi connectivity index (χ1) is 16.6. The molecule has 1 unspecified atom stereocenters. The summed E-state index contributed by atoms with van der Waals surface area (Å²) in [6, 6.07) is 0. The number of carbonyl (C=O) groups is 4. The number of primary amides is 1. The van der Waals surface area contributed by atoms with Gasteiger partial charge in [0.25, 0.3) is 5.91 Å². The highest BCUT2D eigenvalue weighted by molar-refractivity contribution is 8.00. The van der Waals surface area contributed by atoms with E-state index in [0.717, 1.165) is 16.7 Å². The predicted molar refractivity (Wildman–Crippen MR) is 120 cm³/mol. The van der Waals surface area contributed by atoms with Gasteiger partial charge in [0, 0.05) is 22.8 Å². The average molecular weight is 572 g/mol. The van der Waals surface area contributed by atoms with Gasteiger partial charge < -0.3 is 40.5 Å². The van der Waals surface area contributed by atoms with Crippen LogP contribution in [0.1, 0.15) is 19.3 Å². The van der Waals surface area contributed by atoms with E-state index in [4.69, 9.17) is 30.8 Å². The fourth-order valence-electron chi connectivity index (χ4n) is 3.61. The molecule has 200 valence electrons. The summed E-state index contributed by atoms with van der Waals surface area (Å²) in [5.41, 5.74) is 11.0. The first-order valence-electron chi connectivity index (χ1n) is 9.86. The number of β-lactam (4-membered cyclic amide) rings is 1. The smallest absolute Gasteiger partial charge is 0.404 e. The number of nitrogens with two attached hydrogens (primary N) is 1. The van der Waals surface area contributed by atoms with Gasteiger partial charge in [0.1, 0.15) is 17.7 Å². The van der Waals surface area contributed by atoms with Crippen LogP contribution >= 0.6 is 27.0 Å². The van der Waals surface area contributed by atoms with Crippen LogP contribution in [-0.4, -0.2) is 88.7 Å².